The van der Waals surface area contributed by atoms with Crippen LogP contribution in [-0.2, 0) is 9.63 Å². The van der Waals surface area contributed by atoms with Crippen LogP contribution in [0, 0.1) is 0 Å². The van der Waals surface area contributed by atoms with Gasteiger partial charge in [-0.25, -0.2) is 5.48 Å². The predicted molar refractivity (Wildman–Crippen MR) is 51.8 cm³/mol. The Bertz CT molecular complexity index is 199. The normalized spacial score (nSPS) is 10.3. The highest BCUT2D eigenvalue weighted by atomic mass is 35.5. The van der Waals surface area contributed by atoms with Crippen LogP contribution < -0.4 is 17.9 Å². The van der Waals surface area contributed by atoms with Crippen LogP contribution in [0.4, 0.5) is 0 Å². The summed E-state index contributed by atoms with van der Waals surface area (Å²) in [6.45, 7) is 6.47. The third kappa shape index (κ3) is 9.51. The summed E-state index contributed by atoms with van der Waals surface area (Å²) in [5.41, 5.74) is 2.76. The van der Waals surface area contributed by atoms with Crippen LogP contribution in [0.15, 0.2) is 12.2 Å². The fourth-order valence-electron chi connectivity index (χ4n) is 0.523. The minimum absolute atomic E-state index is 0. The molecule has 1 amide bonds. The van der Waals surface area contributed by atoms with Crippen LogP contribution in [0.3, 0.4) is 0 Å². The van der Waals surface area contributed by atoms with E-state index in [2.05, 4.69) is 33.2 Å². The molecule has 0 unspecified atom stereocenters. The van der Waals surface area contributed by atoms with Gasteiger partial charge in [0.05, 0.1) is 21.1 Å². The smallest absolute Gasteiger partial charge is 0.269 e. The van der Waals surface area contributed by atoms with Gasteiger partial charge >= 0.3 is 0 Å². The van der Waals surface area contributed by atoms with Crippen molar-refractivity contribution in [3.63, 3.8) is 0 Å². The molecule has 0 aliphatic carbocycles. The van der Waals surface area contributed by atoms with Gasteiger partial charge in [-0.1, -0.05) is 6.58 Å². The second-order valence-corrected chi connectivity index (χ2v) is 4.07. The highest BCUT2D eigenvalue weighted by Crippen LogP contribution is 1.89. The number of hydroxylamine groups is 1. The van der Waals surface area contributed by atoms with E-state index in [0.29, 0.717) is 12.2 Å². The summed E-state index contributed by atoms with van der Waals surface area (Å²) in [6.07, 6.45) is 0. The zero-order chi connectivity index (χ0) is 10.5. The van der Waals surface area contributed by atoms with Crippen LogP contribution in [0.1, 0.15) is 6.92 Å². The molecule has 0 fully saturated rings. The first-order valence-corrected chi connectivity index (χ1v) is 4.21. The first kappa shape index (κ1) is 15.9. The maximum absolute atomic E-state index is 10.9. The van der Waals surface area contributed by atoms with E-state index in [1.54, 1.807) is 6.92 Å². The van der Waals surface area contributed by atoms with E-state index in [-0.39, 0.29) is 18.3 Å². The number of rotatable bonds is 5. The first-order chi connectivity index (χ1) is 5.83. The second kappa shape index (κ2) is 6.81. The number of hydrogen-bond donors (Lipinski definition) is 1. The number of carbonyl (C=O) groups is 1. The highest BCUT2D eigenvalue weighted by molar-refractivity contribution is 5.91. The van der Waals surface area contributed by atoms with Crippen molar-refractivity contribution in [3.8, 4) is 0 Å². The minimum atomic E-state index is -0.263. The van der Waals surface area contributed by atoms with Crippen molar-refractivity contribution in [2.24, 2.45) is 0 Å². The summed E-state index contributed by atoms with van der Waals surface area (Å²) in [4.78, 5) is 15.9. The summed E-state index contributed by atoms with van der Waals surface area (Å²) in [6, 6.07) is 0. The maximum atomic E-state index is 10.9. The first-order valence-electron chi connectivity index (χ1n) is 4.21. The molecule has 0 saturated heterocycles. The molecule has 14 heavy (non-hydrogen) atoms. The molecule has 0 aromatic rings. The monoisotopic (exact) mass is 222 g/mol. The Morgan fingerprint density at radius 1 is 1.43 bits per heavy atom. The number of amides is 1. The topological polar surface area (TPSA) is 38.3 Å². The quantitative estimate of drug-likeness (QED) is 0.238. The number of nitrogens with one attached hydrogen (secondary N) is 1. The fourth-order valence-corrected chi connectivity index (χ4v) is 0.523. The van der Waals surface area contributed by atoms with E-state index < -0.39 is 0 Å². The Hall–Kier alpha value is -0.580. The van der Waals surface area contributed by atoms with E-state index in [1.807, 2.05) is 0 Å². The predicted octanol–water partition coefficient (Wildman–Crippen LogP) is -2.68. The van der Waals surface area contributed by atoms with Crippen molar-refractivity contribution in [2.45, 2.75) is 6.92 Å². The standard InChI is InChI=1S/C9H18N2O2.ClH/c1-8(2)9(12)10-13-7-6-11(3,4)5;/h1,6-7H2,2-5H3;1H. The SMILES string of the molecule is C=C(C)C(=O)NOCC[N+](C)(C)C.[Cl-]. The van der Waals surface area contributed by atoms with E-state index in [9.17, 15) is 4.79 Å². The Morgan fingerprint density at radius 3 is 2.29 bits per heavy atom. The Balaban J connectivity index is 0. The Morgan fingerprint density at radius 2 is 1.93 bits per heavy atom. The molecule has 0 atom stereocenters. The lowest BCUT2D eigenvalue weighted by atomic mass is 10.3. The number of nitrogens with zero attached hydrogens (tertiary/aromatic N) is 1. The molecular formula is C9H19ClN2O2. The van der Waals surface area contributed by atoms with Gasteiger partial charge in [-0.05, 0) is 6.92 Å². The zero-order valence-corrected chi connectivity index (χ0v) is 10.0. The molecule has 4 nitrogen and oxygen atoms in total. The van der Waals surface area contributed by atoms with Gasteiger partial charge in [-0.15, -0.1) is 0 Å². The van der Waals surface area contributed by atoms with Crippen molar-refractivity contribution in [3.05, 3.63) is 12.2 Å². The number of quaternary nitrogens is 1. The molecule has 0 spiro atoms. The van der Waals surface area contributed by atoms with Crippen molar-refractivity contribution in [1.82, 2.24) is 5.48 Å². The molecule has 0 aliphatic rings. The maximum Gasteiger partial charge on any atom is 0.269 e. The summed E-state index contributed by atoms with van der Waals surface area (Å²) in [5, 5.41) is 0. The molecule has 1 N–H and O–H groups in total. The molecule has 0 rings (SSSR count). The van der Waals surface area contributed by atoms with Crippen LogP contribution in [0.25, 0.3) is 0 Å². The van der Waals surface area contributed by atoms with Crippen LogP contribution >= 0.6 is 0 Å². The molecular weight excluding hydrogens is 204 g/mol. The highest BCUT2D eigenvalue weighted by Gasteiger charge is 2.07. The van der Waals surface area contributed by atoms with Crippen LogP contribution in [0.5, 0.6) is 0 Å². The number of halogens is 1. The van der Waals surface area contributed by atoms with Gasteiger partial charge in [0.25, 0.3) is 5.91 Å². The van der Waals surface area contributed by atoms with E-state index >= 15 is 0 Å². The lowest BCUT2D eigenvalue weighted by molar-refractivity contribution is -0.870. The van der Waals surface area contributed by atoms with Gasteiger partial charge in [0.2, 0.25) is 0 Å². The van der Waals surface area contributed by atoms with Crippen molar-refractivity contribution >= 4 is 5.91 Å². The van der Waals surface area contributed by atoms with Crippen molar-refractivity contribution in [1.29, 1.82) is 0 Å². The molecule has 0 aromatic carbocycles. The van der Waals surface area contributed by atoms with Gasteiger partial charge in [0, 0.05) is 5.57 Å². The number of likely N-dealkylation sites (N-methyl/N-ethyl adjacent to an activating group) is 1. The average molecular weight is 223 g/mol. The van der Waals surface area contributed by atoms with Crippen LogP contribution in [0.2, 0.25) is 0 Å². The lowest BCUT2D eigenvalue weighted by Gasteiger charge is -2.23. The lowest BCUT2D eigenvalue weighted by Crippen LogP contribution is -3.00. The molecule has 5 heteroatoms. The average Bonchev–Trinajstić information content (AvgIpc) is 1.95. The number of hydrogen-bond acceptors (Lipinski definition) is 2. The van der Waals surface area contributed by atoms with Gasteiger partial charge in [0.15, 0.2) is 0 Å². The van der Waals surface area contributed by atoms with Gasteiger partial charge < -0.3 is 16.9 Å². The summed E-state index contributed by atoms with van der Waals surface area (Å²) in [7, 11) is 6.18. The van der Waals surface area contributed by atoms with E-state index in [4.69, 9.17) is 4.84 Å². The fraction of sp³-hybridized carbons (Fsp3) is 0.667. The van der Waals surface area contributed by atoms with Crippen LogP contribution in [-0.4, -0.2) is 44.7 Å². The second-order valence-electron chi connectivity index (χ2n) is 4.07. The molecule has 0 bridgehead atoms. The van der Waals surface area contributed by atoms with E-state index in [0.717, 1.165) is 11.0 Å². The molecule has 84 valence electrons. The van der Waals surface area contributed by atoms with Crippen molar-refractivity contribution in [2.75, 3.05) is 34.3 Å². The van der Waals surface area contributed by atoms with Gasteiger partial charge in [-0.3, -0.25) is 9.63 Å². The zero-order valence-electron chi connectivity index (χ0n) is 9.26. The third-order valence-corrected chi connectivity index (χ3v) is 1.42. The largest absolute Gasteiger partial charge is 1.00 e. The van der Waals surface area contributed by atoms with E-state index in [1.165, 1.54) is 0 Å². The van der Waals surface area contributed by atoms with Gasteiger partial charge in [0.1, 0.15) is 13.2 Å². The van der Waals surface area contributed by atoms with Gasteiger partial charge in [-0.2, -0.15) is 0 Å². The molecule has 0 heterocycles. The Labute approximate surface area is 91.9 Å². The molecule has 0 saturated carbocycles. The third-order valence-electron chi connectivity index (χ3n) is 1.42. The minimum Gasteiger partial charge on any atom is -1.00 e. The molecule has 0 aromatic heterocycles. The molecule has 0 radical (unpaired) electrons. The summed E-state index contributed by atoms with van der Waals surface area (Å²) >= 11 is 0. The van der Waals surface area contributed by atoms with Crippen molar-refractivity contribution < 1.29 is 26.5 Å². The molecule has 0 aliphatic heterocycles. The summed E-state index contributed by atoms with van der Waals surface area (Å²) in [5.74, 6) is -0.263. The Kier molecular flexibility index (Phi) is 7.72. The number of carbonyl (C=O) groups excluding carboxylic acids is 1. The summed E-state index contributed by atoms with van der Waals surface area (Å²) < 4.78 is 0.808.